The van der Waals surface area contributed by atoms with Gasteiger partial charge < -0.3 is 13.6 Å². The smallest absolute Gasteiger partial charge is 0.322 e. The van der Waals surface area contributed by atoms with Crippen LogP contribution < -0.4 is 10.1 Å². The molecule has 0 bridgehead atoms. The number of unbranched alkanes of at least 4 members (excludes halogenated alkanes) is 1. The highest BCUT2D eigenvalue weighted by Gasteiger charge is 2.15. The van der Waals surface area contributed by atoms with Crippen LogP contribution in [0, 0.1) is 0 Å². The molecule has 3 aromatic rings. The predicted octanol–water partition coefficient (Wildman–Crippen LogP) is 4.52. The van der Waals surface area contributed by atoms with Crippen molar-refractivity contribution in [2.24, 2.45) is 0 Å². The Morgan fingerprint density at radius 2 is 2.12 bits per heavy atom. The lowest BCUT2D eigenvalue weighted by Crippen LogP contribution is -2.12. The Bertz CT molecular complexity index is 859. The molecule has 25 heavy (non-hydrogen) atoms. The number of anilines is 1. The molecule has 0 saturated carbocycles. The number of nitrogens with one attached hydrogen (secondary N) is 1. The van der Waals surface area contributed by atoms with Gasteiger partial charge in [-0.15, -0.1) is 5.10 Å². The van der Waals surface area contributed by atoms with E-state index in [1.165, 1.54) is 0 Å². The third-order valence-corrected chi connectivity index (χ3v) is 3.72. The molecule has 8 heteroatoms. The van der Waals surface area contributed by atoms with Crippen LogP contribution in [0.1, 0.15) is 30.1 Å². The Kier molecular flexibility index (Phi) is 5.49. The van der Waals surface area contributed by atoms with Crippen molar-refractivity contribution >= 4 is 27.9 Å². The zero-order chi connectivity index (χ0) is 17.6. The molecule has 0 spiro atoms. The summed E-state index contributed by atoms with van der Waals surface area (Å²) in [6, 6.07) is 10.3. The highest BCUT2D eigenvalue weighted by atomic mass is 79.9. The Morgan fingerprint density at radius 3 is 2.88 bits per heavy atom. The molecule has 130 valence electrons. The minimum atomic E-state index is -0.364. The first-order valence-electron chi connectivity index (χ1n) is 7.79. The van der Waals surface area contributed by atoms with Gasteiger partial charge in [0, 0.05) is 5.56 Å². The maximum absolute atomic E-state index is 12.3. The second-order valence-corrected chi connectivity index (χ2v) is 5.98. The monoisotopic (exact) mass is 405 g/mol. The van der Waals surface area contributed by atoms with Crippen molar-refractivity contribution in [2.45, 2.75) is 19.8 Å². The topological polar surface area (TPSA) is 90.4 Å². The fourth-order valence-electron chi connectivity index (χ4n) is 2.03. The summed E-state index contributed by atoms with van der Waals surface area (Å²) >= 11 is 3.20. The van der Waals surface area contributed by atoms with E-state index < -0.39 is 0 Å². The van der Waals surface area contributed by atoms with Gasteiger partial charge >= 0.3 is 6.01 Å². The van der Waals surface area contributed by atoms with Crippen LogP contribution in [0.25, 0.3) is 11.7 Å². The van der Waals surface area contributed by atoms with Gasteiger partial charge in [-0.2, -0.15) is 0 Å². The molecular formula is C17H16BrN3O4. The van der Waals surface area contributed by atoms with Gasteiger partial charge in [0.05, 0.1) is 6.61 Å². The number of amides is 1. The molecule has 0 aliphatic rings. The zero-order valence-electron chi connectivity index (χ0n) is 13.5. The van der Waals surface area contributed by atoms with E-state index in [1.807, 2.05) is 6.07 Å². The van der Waals surface area contributed by atoms with E-state index in [2.05, 4.69) is 38.4 Å². The summed E-state index contributed by atoms with van der Waals surface area (Å²) in [6.45, 7) is 2.71. The van der Waals surface area contributed by atoms with Crippen molar-refractivity contribution in [2.75, 3.05) is 11.9 Å². The minimum Gasteiger partial charge on any atom is -0.494 e. The first kappa shape index (κ1) is 17.2. The number of aromatic nitrogens is 2. The number of hydrogen-bond donors (Lipinski definition) is 1. The van der Waals surface area contributed by atoms with Gasteiger partial charge in [-0.3, -0.25) is 10.1 Å². The summed E-state index contributed by atoms with van der Waals surface area (Å²) in [5.74, 6) is 0.869. The molecule has 2 heterocycles. The Balaban J connectivity index is 1.66. The highest BCUT2D eigenvalue weighted by Crippen LogP contribution is 2.25. The number of ether oxygens (including phenoxy) is 1. The van der Waals surface area contributed by atoms with Gasteiger partial charge in [0.15, 0.2) is 10.4 Å². The second-order valence-electron chi connectivity index (χ2n) is 5.20. The number of carbonyl (C=O) groups is 1. The number of nitrogens with zero attached hydrogens (tertiary/aromatic N) is 2. The lowest BCUT2D eigenvalue weighted by molar-refractivity contribution is 0.102. The lowest BCUT2D eigenvalue weighted by Gasteiger charge is -2.07. The molecule has 0 unspecified atom stereocenters. The van der Waals surface area contributed by atoms with Crippen LogP contribution in [0.4, 0.5) is 6.01 Å². The summed E-state index contributed by atoms with van der Waals surface area (Å²) in [5.41, 5.74) is 0.439. The first-order valence-corrected chi connectivity index (χ1v) is 8.58. The van der Waals surface area contributed by atoms with Gasteiger partial charge in [-0.25, -0.2) is 0 Å². The fraction of sp³-hybridized carbons (Fsp3) is 0.235. The lowest BCUT2D eigenvalue weighted by atomic mass is 10.2. The molecule has 1 N–H and O–H groups in total. The molecule has 2 aromatic heterocycles. The third kappa shape index (κ3) is 4.48. The van der Waals surface area contributed by atoms with Crippen LogP contribution in [-0.4, -0.2) is 22.7 Å². The van der Waals surface area contributed by atoms with E-state index in [9.17, 15) is 4.79 Å². The second kappa shape index (κ2) is 7.98. The van der Waals surface area contributed by atoms with E-state index in [0.717, 1.165) is 12.8 Å². The van der Waals surface area contributed by atoms with E-state index in [1.54, 1.807) is 30.3 Å². The Labute approximate surface area is 152 Å². The molecule has 1 aromatic carbocycles. The molecular weight excluding hydrogens is 390 g/mol. The van der Waals surface area contributed by atoms with Crippen molar-refractivity contribution < 1.29 is 18.4 Å². The summed E-state index contributed by atoms with van der Waals surface area (Å²) < 4.78 is 16.9. The summed E-state index contributed by atoms with van der Waals surface area (Å²) in [6.07, 6.45) is 2.01. The fourth-order valence-corrected chi connectivity index (χ4v) is 2.34. The van der Waals surface area contributed by atoms with Crippen LogP contribution >= 0.6 is 15.9 Å². The number of carbonyl (C=O) groups excluding carboxylic acids is 1. The first-order chi connectivity index (χ1) is 12.2. The third-order valence-electron chi connectivity index (χ3n) is 3.29. The number of halogens is 1. The van der Waals surface area contributed by atoms with Gasteiger partial charge in [0.2, 0.25) is 0 Å². The van der Waals surface area contributed by atoms with Crippen molar-refractivity contribution in [1.29, 1.82) is 0 Å². The average molecular weight is 406 g/mol. The van der Waals surface area contributed by atoms with Crippen LogP contribution in [0.5, 0.6) is 5.75 Å². The molecule has 7 nitrogen and oxygen atoms in total. The number of hydrogen-bond acceptors (Lipinski definition) is 6. The van der Waals surface area contributed by atoms with Crippen molar-refractivity contribution in [1.82, 2.24) is 10.2 Å². The largest absolute Gasteiger partial charge is 0.494 e. The Hall–Kier alpha value is -2.61. The molecule has 0 fully saturated rings. The summed E-state index contributed by atoms with van der Waals surface area (Å²) in [4.78, 5) is 12.3. The van der Waals surface area contributed by atoms with Crippen molar-refractivity contribution in [3.8, 4) is 17.4 Å². The van der Waals surface area contributed by atoms with E-state index in [0.29, 0.717) is 28.3 Å². The van der Waals surface area contributed by atoms with E-state index in [-0.39, 0.29) is 17.8 Å². The molecule has 0 saturated heterocycles. The van der Waals surface area contributed by atoms with Crippen LogP contribution in [-0.2, 0) is 0 Å². The highest BCUT2D eigenvalue weighted by molar-refractivity contribution is 9.10. The molecule has 0 radical (unpaired) electrons. The number of benzene rings is 1. The molecule has 0 atom stereocenters. The van der Waals surface area contributed by atoms with Gasteiger partial charge in [0.1, 0.15) is 5.75 Å². The SMILES string of the molecule is CCCCOc1cccc(C(=O)Nc2nnc(-c3ccc(Br)o3)o2)c1. The molecule has 3 rings (SSSR count). The maximum Gasteiger partial charge on any atom is 0.322 e. The van der Waals surface area contributed by atoms with E-state index >= 15 is 0 Å². The van der Waals surface area contributed by atoms with Crippen molar-refractivity contribution in [3.63, 3.8) is 0 Å². The number of rotatable bonds is 7. The maximum atomic E-state index is 12.3. The van der Waals surface area contributed by atoms with Crippen LogP contribution in [0.15, 0.2) is 49.9 Å². The normalized spacial score (nSPS) is 10.6. The molecule has 0 aliphatic heterocycles. The quantitative estimate of drug-likeness (QED) is 0.580. The Morgan fingerprint density at radius 1 is 1.24 bits per heavy atom. The van der Waals surface area contributed by atoms with Crippen molar-refractivity contribution in [3.05, 3.63) is 46.6 Å². The molecule has 1 amide bonds. The average Bonchev–Trinajstić information content (AvgIpc) is 3.24. The van der Waals surface area contributed by atoms with Gasteiger partial charge in [0.25, 0.3) is 11.8 Å². The van der Waals surface area contributed by atoms with Crippen LogP contribution in [0.3, 0.4) is 0 Å². The molecule has 0 aliphatic carbocycles. The standard InChI is InChI=1S/C17H16BrN3O4/c1-2-3-9-23-12-6-4-5-11(10-12)15(22)19-17-21-20-16(25-17)13-7-8-14(18)24-13/h4-8,10H,2-3,9H2,1H3,(H,19,21,22). The minimum absolute atomic E-state index is 0.00942. The van der Waals surface area contributed by atoms with Crippen LogP contribution in [0.2, 0.25) is 0 Å². The summed E-state index contributed by atoms with van der Waals surface area (Å²) in [7, 11) is 0. The summed E-state index contributed by atoms with van der Waals surface area (Å²) in [5, 5.41) is 10.2. The van der Waals surface area contributed by atoms with Gasteiger partial charge in [-0.1, -0.05) is 24.5 Å². The predicted molar refractivity (Wildman–Crippen MR) is 94.5 cm³/mol. The van der Waals surface area contributed by atoms with E-state index in [4.69, 9.17) is 13.6 Å². The van der Waals surface area contributed by atoms with Gasteiger partial charge in [-0.05, 0) is 52.7 Å². The zero-order valence-corrected chi connectivity index (χ0v) is 15.1. The number of furan rings is 1.